The van der Waals surface area contributed by atoms with E-state index in [-0.39, 0.29) is 29.2 Å². The third-order valence-electron chi connectivity index (χ3n) is 3.38. The van der Waals surface area contributed by atoms with E-state index in [1.54, 1.807) is 0 Å². The number of hydrogen-bond donors (Lipinski definition) is 0. The van der Waals surface area contributed by atoms with E-state index in [1.165, 1.54) is 19.2 Å². The van der Waals surface area contributed by atoms with Crippen molar-refractivity contribution >= 4 is 5.65 Å². The molecule has 0 amide bonds. The van der Waals surface area contributed by atoms with Gasteiger partial charge in [-0.15, -0.1) is 23.4 Å². The molecule has 144 valence electrons. The Morgan fingerprint density at radius 2 is 1.67 bits per heavy atom. The molecule has 0 aliphatic heterocycles. The normalized spacial score (nSPS) is 12.6. The first-order valence-electron chi connectivity index (χ1n) is 7.25. The molecule has 3 rings (SSSR count). The smallest absolute Gasteiger partial charge is 0.406 e. The first-order chi connectivity index (χ1) is 12.6. The van der Waals surface area contributed by atoms with Gasteiger partial charge in [0.05, 0.1) is 12.3 Å². The Hall–Kier alpha value is -2.89. The number of rotatable bonds is 4. The summed E-state index contributed by atoms with van der Waals surface area (Å²) in [4.78, 5) is 4.18. The van der Waals surface area contributed by atoms with Crippen molar-refractivity contribution in [3.63, 3.8) is 0 Å². The number of ether oxygens (including phenoxy) is 2. The molecule has 1 aromatic carbocycles. The zero-order chi connectivity index (χ0) is 19.8. The number of benzene rings is 1. The van der Waals surface area contributed by atoms with Crippen LogP contribution in [0.2, 0.25) is 0 Å². The number of halogens is 6. The first kappa shape index (κ1) is 18.9. The van der Waals surface area contributed by atoms with Crippen LogP contribution >= 0.6 is 0 Å². The predicted molar refractivity (Wildman–Crippen MR) is 78.6 cm³/mol. The van der Waals surface area contributed by atoms with E-state index in [0.717, 1.165) is 22.7 Å². The summed E-state index contributed by atoms with van der Waals surface area (Å²) in [5, 5.41) is 6.64. The Morgan fingerprint density at radius 1 is 1.00 bits per heavy atom. The molecule has 0 spiro atoms. The molecule has 6 nitrogen and oxygen atoms in total. The summed E-state index contributed by atoms with van der Waals surface area (Å²) in [5.41, 5.74) is 0.294. The molecule has 12 heteroatoms. The molecule has 0 saturated heterocycles. The molecule has 0 aliphatic carbocycles. The van der Waals surface area contributed by atoms with Gasteiger partial charge in [-0.05, 0) is 24.3 Å². The molecule has 27 heavy (non-hydrogen) atoms. The molecule has 0 aliphatic rings. The maximum absolute atomic E-state index is 13.1. The molecule has 0 atom stereocenters. The van der Waals surface area contributed by atoms with Crippen LogP contribution in [0.4, 0.5) is 26.3 Å². The van der Waals surface area contributed by atoms with Gasteiger partial charge in [0.25, 0.3) is 0 Å². The average molecular weight is 392 g/mol. The predicted octanol–water partition coefficient (Wildman–Crippen LogP) is 3.86. The average Bonchev–Trinajstić information content (AvgIpc) is 2.98. The third-order valence-corrected chi connectivity index (χ3v) is 3.38. The Morgan fingerprint density at radius 3 is 2.22 bits per heavy atom. The molecule has 2 heterocycles. The minimum absolute atomic E-state index is 0.0680. The number of nitrogens with zero attached hydrogens (tertiary/aromatic N) is 4. The Labute approximate surface area is 147 Å². The van der Waals surface area contributed by atoms with Crippen molar-refractivity contribution in [1.29, 1.82) is 0 Å². The summed E-state index contributed by atoms with van der Waals surface area (Å²) < 4.78 is 85.4. The Balaban J connectivity index is 2.08. The lowest BCUT2D eigenvalue weighted by Crippen LogP contribution is -2.16. The van der Waals surface area contributed by atoms with Gasteiger partial charge in [-0.25, -0.2) is 4.98 Å². The summed E-state index contributed by atoms with van der Waals surface area (Å²) in [6.07, 6.45) is -8.56. The van der Waals surface area contributed by atoms with Crippen molar-refractivity contribution in [1.82, 2.24) is 19.6 Å². The fraction of sp³-hybridized carbons (Fsp3) is 0.267. The third kappa shape index (κ3) is 4.10. The summed E-state index contributed by atoms with van der Waals surface area (Å²) in [7, 11) is 1.33. The van der Waals surface area contributed by atoms with Crippen molar-refractivity contribution in [2.45, 2.75) is 19.1 Å². The highest BCUT2D eigenvalue weighted by Crippen LogP contribution is 2.31. The standard InChI is InChI=1S/C15H10F6N4O2/c1-26-7-11-12-23-24-13(14(16,17)18)25(12)6-10(22-11)8-2-4-9(5-3-8)27-15(19,20)21/h2-6H,7H2,1H3. The molecule has 2 aromatic heterocycles. The van der Waals surface area contributed by atoms with E-state index >= 15 is 0 Å². The second kappa shape index (κ2) is 6.68. The van der Waals surface area contributed by atoms with Crippen LogP contribution < -0.4 is 4.74 Å². The van der Waals surface area contributed by atoms with Crippen LogP contribution in [0.3, 0.4) is 0 Å². The molecule has 0 radical (unpaired) electrons. The van der Waals surface area contributed by atoms with E-state index in [2.05, 4.69) is 19.9 Å². The van der Waals surface area contributed by atoms with E-state index < -0.39 is 24.1 Å². The van der Waals surface area contributed by atoms with E-state index in [1.807, 2.05) is 0 Å². The molecule has 0 bridgehead atoms. The van der Waals surface area contributed by atoms with Crippen molar-refractivity contribution < 1.29 is 35.8 Å². The van der Waals surface area contributed by atoms with Gasteiger partial charge in [-0.2, -0.15) is 13.2 Å². The van der Waals surface area contributed by atoms with Crippen molar-refractivity contribution in [3.8, 4) is 17.0 Å². The van der Waals surface area contributed by atoms with Crippen LogP contribution in [-0.4, -0.2) is 33.1 Å². The highest BCUT2D eigenvalue weighted by atomic mass is 19.4. The van der Waals surface area contributed by atoms with Gasteiger partial charge in [0, 0.05) is 18.9 Å². The second-order valence-electron chi connectivity index (χ2n) is 5.29. The van der Waals surface area contributed by atoms with Crippen LogP contribution in [0.1, 0.15) is 11.5 Å². The van der Waals surface area contributed by atoms with Gasteiger partial charge in [-0.3, -0.25) is 4.40 Å². The topological polar surface area (TPSA) is 61.5 Å². The van der Waals surface area contributed by atoms with E-state index in [0.29, 0.717) is 0 Å². The molecule has 3 aromatic rings. The van der Waals surface area contributed by atoms with Crippen LogP contribution in [0.15, 0.2) is 30.5 Å². The molecule has 0 fully saturated rings. The number of aromatic nitrogens is 4. The highest BCUT2D eigenvalue weighted by molar-refractivity contribution is 5.62. The monoisotopic (exact) mass is 392 g/mol. The Bertz CT molecular complexity index is 950. The van der Waals surface area contributed by atoms with Gasteiger partial charge < -0.3 is 9.47 Å². The van der Waals surface area contributed by atoms with Crippen LogP contribution in [-0.2, 0) is 17.5 Å². The maximum Gasteiger partial charge on any atom is 0.573 e. The fourth-order valence-corrected chi connectivity index (χ4v) is 2.35. The summed E-state index contributed by atoms with van der Waals surface area (Å²) in [6.45, 7) is -0.136. The number of fused-ring (bicyclic) bond motifs is 1. The maximum atomic E-state index is 13.1. The second-order valence-corrected chi connectivity index (χ2v) is 5.29. The largest absolute Gasteiger partial charge is 0.573 e. The first-order valence-corrected chi connectivity index (χ1v) is 7.25. The lowest BCUT2D eigenvalue weighted by molar-refractivity contribution is -0.274. The fourth-order valence-electron chi connectivity index (χ4n) is 2.35. The van der Waals surface area contributed by atoms with Crippen LogP contribution in [0.5, 0.6) is 5.75 Å². The summed E-state index contributed by atoms with van der Waals surface area (Å²) in [5.74, 6) is -1.72. The zero-order valence-electron chi connectivity index (χ0n) is 13.5. The Kier molecular flexibility index (Phi) is 4.68. The van der Waals surface area contributed by atoms with E-state index in [4.69, 9.17) is 4.74 Å². The minimum Gasteiger partial charge on any atom is -0.406 e. The lowest BCUT2D eigenvalue weighted by atomic mass is 10.1. The number of alkyl halides is 6. The van der Waals surface area contributed by atoms with E-state index in [9.17, 15) is 26.3 Å². The van der Waals surface area contributed by atoms with Crippen LogP contribution in [0, 0.1) is 0 Å². The molecular weight excluding hydrogens is 382 g/mol. The van der Waals surface area contributed by atoms with Crippen molar-refractivity contribution in [2.24, 2.45) is 0 Å². The van der Waals surface area contributed by atoms with Gasteiger partial charge in [-0.1, -0.05) is 0 Å². The minimum atomic E-state index is -4.85. The van der Waals surface area contributed by atoms with Crippen LogP contribution in [0.25, 0.3) is 16.9 Å². The summed E-state index contributed by atoms with van der Waals surface area (Å²) >= 11 is 0. The van der Waals surface area contributed by atoms with Gasteiger partial charge in [0.15, 0.2) is 5.65 Å². The van der Waals surface area contributed by atoms with Gasteiger partial charge >= 0.3 is 12.5 Å². The molecule has 0 N–H and O–H groups in total. The zero-order valence-corrected chi connectivity index (χ0v) is 13.5. The van der Waals surface area contributed by atoms with Gasteiger partial charge in [0.2, 0.25) is 5.82 Å². The molecule has 0 saturated carbocycles. The SMILES string of the molecule is COCc1nc(-c2ccc(OC(F)(F)F)cc2)cn2c(C(F)(F)F)nnc12. The quantitative estimate of drug-likeness (QED) is 0.631. The lowest BCUT2D eigenvalue weighted by Gasteiger charge is -2.11. The van der Waals surface area contributed by atoms with Gasteiger partial charge in [0.1, 0.15) is 11.4 Å². The molecular formula is C15H10F6N4O2. The number of hydrogen-bond acceptors (Lipinski definition) is 5. The molecule has 0 unspecified atom stereocenters. The van der Waals surface area contributed by atoms with Crippen molar-refractivity contribution in [3.05, 3.63) is 42.0 Å². The highest BCUT2D eigenvalue weighted by Gasteiger charge is 2.37. The summed E-state index contributed by atoms with van der Waals surface area (Å²) in [6, 6.07) is 4.54. The number of methoxy groups -OCH3 is 1. The van der Waals surface area contributed by atoms with Crippen molar-refractivity contribution in [2.75, 3.05) is 7.11 Å².